The number of hydrogen-bond acceptors (Lipinski definition) is 3. The molecule has 2 heterocycles. The van der Waals surface area contributed by atoms with Gasteiger partial charge in [-0.3, -0.25) is 0 Å². The highest BCUT2D eigenvalue weighted by molar-refractivity contribution is 5.47. The maximum absolute atomic E-state index is 5.99. The zero-order valence-electron chi connectivity index (χ0n) is 9.87. The lowest BCUT2D eigenvalue weighted by molar-refractivity contribution is -0.138. The van der Waals surface area contributed by atoms with Gasteiger partial charge in [0.25, 0.3) is 5.79 Å². The third kappa shape index (κ3) is 1.45. The van der Waals surface area contributed by atoms with Gasteiger partial charge in [0.15, 0.2) is 11.5 Å². The summed E-state index contributed by atoms with van der Waals surface area (Å²) in [4.78, 5) is 0. The first-order chi connectivity index (χ1) is 8.35. The predicted octanol–water partition coefficient (Wildman–Crippen LogP) is 2.41. The van der Waals surface area contributed by atoms with Gasteiger partial charge < -0.3 is 14.8 Å². The largest absolute Gasteiger partial charge is 0.448 e. The second kappa shape index (κ2) is 3.39. The zero-order valence-corrected chi connectivity index (χ0v) is 9.87. The fourth-order valence-electron chi connectivity index (χ4n) is 2.97. The molecule has 1 aromatic carbocycles. The van der Waals surface area contributed by atoms with Crippen LogP contribution >= 0.6 is 0 Å². The van der Waals surface area contributed by atoms with Crippen LogP contribution in [0.15, 0.2) is 18.2 Å². The molecule has 1 saturated carbocycles. The molecular weight excluding hydrogens is 214 g/mol. The quantitative estimate of drug-likeness (QED) is 0.805. The highest BCUT2D eigenvalue weighted by atomic mass is 16.7. The Morgan fingerprint density at radius 1 is 1.18 bits per heavy atom. The van der Waals surface area contributed by atoms with Crippen molar-refractivity contribution in [2.45, 2.75) is 37.4 Å². The maximum atomic E-state index is 5.99. The number of hydrogen-bond donors (Lipinski definition) is 1. The Labute approximate surface area is 101 Å². The molecule has 3 nitrogen and oxygen atoms in total. The Morgan fingerprint density at radius 2 is 2.06 bits per heavy atom. The van der Waals surface area contributed by atoms with Gasteiger partial charge in [0.2, 0.25) is 0 Å². The van der Waals surface area contributed by atoms with Crippen LogP contribution in [0.4, 0.5) is 0 Å². The van der Waals surface area contributed by atoms with Gasteiger partial charge in [-0.05, 0) is 43.0 Å². The second-order valence-corrected chi connectivity index (χ2v) is 5.36. The molecule has 2 aliphatic heterocycles. The van der Waals surface area contributed by atoms with E-state index in [0.29, 0.717) is 5.92 Å². The Morgan fingerprint density at radius 3 is 2.76 bits per heavy atom. The van der Waals surface area contributed by atoms with Crippen molar-refractivity contribution in [2.75, 3.05) is 13.1 Å². The summed E-state index contributed by atoms with van der Waals surface area (Å²) in [6, 6.07) is 6.45. The maximum Gasteiger partial charge on any atom is 0.251 e. The van der Waals surface area contributed by atoms with E-state index >= 15 is 0 Å². The molecule has 1 saturated heterocycles. The van der Waals surface area contributed by atoms with Crippen LogP contribution in [0.2, 0.25) is 0 Å². The standard InChI is InChI=1S/C14H17NO2/c1-5-14(6-1)16-12-3-2-10(8-13(12)17-14)11-4-7-15-9-11/h2-3,8,11,15H,1,4-7,9H2. The highest BCUT2D eigenvalue weighted by Crippen LogP contribution is 2.48. The first kappa shape index (κ1) is 9.77. The summed E-state index contributed by atoms with van der Waals surface area (Å²) in [6.45, 7) is 2.22. The molecule has 0 bridgehead atoms. The number of nitrogens with one attached hydrogen (secondary N) is 1. The first-order valence-electron chi connectivity index (χ1n) is 6.57. The van der Waals surface area contributed by atoms with Crippen molar-refractivity contribution in [1.29, 1.82) is 0 Å². The summed E-state index contributed by atoms with van der Waals surface area (Å²) in [6.07, 6.45) is 4.50. The third-order valence-corrected chi connectivity index (χ3v) is 4.21. The van der Waals surface area contributed by atoms with Crippen molar-refractivity contribution in [3.63, 3.8) is 0 Å². The summed E-state index contributed by atoms with van der Waals surface area (Å²) in [5.41, 5.74) is 1.38. The van der Waals surface area contributed by atoms with Crippen LogP contribution in [0, 0.1) is 0 Å². The van der Waals surface area contributed by atoms with E-state index in [0.717, 1.165) is 37.4 Å². The smallest absolute Gasteiger partial charge is 0.251 e. The molecule has 4 rings (SSSR count). The number of fused-ring (bicyclic) bond motifs is 1. The fraction of sp³-hybridized carbons (Fsp3) is 0.571. The fourth-order valence-corrected chi connectivity index (χ4v) is 2.97. The van der Waals surface area contributed by atoms with E-state index in [1.807, 2.05) is 0 Å². The van der Waals surface area contributed by atoms with Crippen LogP contribution in [-0.4, -0.2) is 18.9 Å². The van der Waals surface area contributed by atoms with Gasteiger partial charge in [0, 0.05) is 19.4 Å². The first-order valence-corrected chi connectivity index (χ1v) is 6.57. The van der Waals surface area contributed by atoms with Crippen LogP contribution in [0.3, 0.4) is 0 Å². The molecule has 0 amide bonds. The molecule has 1 atom stereocenters. The summed E-state index contributed by atoms with van der Waals surface area (Å²) in [5.74, 6) is 2.23. The molecule has 0 aromatic heterocycles. The molecule has 1 spiro atoms. The van der Waals surface area contributed by atoms with Gasteiger partial charge in [-0.25, -0.2) is 0 Å². The van der Waals surface area contributed by atoms with Crippen LogP contribution in [0.1, 0.15) is 37.2 Å². The van der Waals surface area contributed by atoms with Crippen molar-refractivity contribution in [3.8, 4) is 11.5 Å². The van der Waals surface area contributed by atoms with Crippen molar-refractivity contribution in [2.24, 2.45) is 0 Å². The van der Waals surface area contributed by atoms with Gasteiger partial charge in [-0.15, -0.1) is 0 Å². The Bertz CT molecular complexity index is 448. The molecule has 1 N–H and O–H groups in total. The zero-order chi connectivity index (χ0) is 11.3. The molecule has 90 valence electrons. The number of rotatable bonds is 1. The van der Waals surface area contributed by atoms with Crippen molar-refractivity contribution >= 4 is 0 Å². The predicted molar refractivity (Wildman–Crippen MR) is 64.5 cm³/mol. The second-order valence-electron chi connectivity index (χ2n) is 5.36. The molecule has 3 aliphatic rings. The van der Waals surface area contributed by atoms with Gasteiger partial charge >= 0.3 is 0 Å². The molecular formula is C14H17NO2. The molecule has 1 aliphatic carbocycles. The van der Waals surface area contributed by atoms with Crippen LogP contribution in [-0.2, 0) is 0 Å². The molecule has 1 aromatic rings. The van der Waals surface area contributed by atoms with Crippen molar-refractivity contribution in [1.82, 2.24) is 5.32 Å². The van der Waals surface area contributed by atoms with Gasteiger partial charge in [-0.2, -0.15) is 0 Å². The van der Waals surface area contributed by atoms with Gasteiger partial charge in [-0.1, -0.05) is 6.07 Å². The van der Waals surface area contributed by atoms with E-state index in [1.165, 1.54) is 18.4 Å². The molecule has 3 heteroatoms. The summed E-state index contributed by atoms with van der Waals surface area (Å²) < 4.78 is 11.9. The SMILES string of the molecule is c1cc2c(cc1C1CCNC1)OC1(CCC1)O2. The van der Waals surface area contributed by atoms with Crippen molar-refractivity contribution < 1.29 is 9.47 Å². The van der Waals surface area contributed by atoms with Gasteiger partial charge in [0.1, 0.15) is 0 Å². The minimum Gasteiger partial charge on any atom is -0.448 e. The van der Waals surface area contributed by atoms with Crippen LogP contribution < -0.4 is 14.8 Å². The minimum absolute atomic E-state index is 0.297. The van der Waals surface area contributed by atoms with Crippen molar-refractivity contribution in [3.05, 3.63) is 23.8 Å². The van der Waals surface area contributed by atoms with Gasteiger partial charge in [0.05, 0.1) is 0 Å². The van der Waals surface area contributed by atoms with Crippen LogP contribution in [0.25, 0.3) is 0 Å². The summed E-state index contributed by atoms with van der Waals surface area (Å²) in [5, 5.41) is 3.41. The Balaban J connectivity index is 1.63. The average molecular weight is 231 g/mol. The topological polar surface area (TPSA) is 30.5 Å². The van der Waals surface area contributed by atoms with E-state index in [2.05, 4.69) is 23.5 Å². The molecule has 17 heavy (non-hydrogen) atoms. The third-order valence-electron chi connectivity index (χ3n) is 4.21. The van der Waals surface area contributed by atoms with Crippen LogP contribution in [0.5, 0.6) is 11.5 Å². The number of benzene rings is 1. The lowest BCUT2D eigenvalue weighted by atomic mass is 9.91. The average Bonchev–Trinajstić information content (AvgIpc) is 2.94. The molecule has 1 unspecified atom stereocenters. The summed E-state index contributed by atoms with van der Waals surface area (Å²) >= 11 is 0. The lowest BCUT2D eigenvalue weighted by Gasteiger charge is -2.35. The van der Waals surface area contributed by atoms with E-state index in [4.69, 9.17) is 9.47 Å². The molecule has 0 radical (unpaired) electrons. The lowest BCUT2D eigenvalue weighted by Crippen LogP contribution is -2.45. The van der Waals surface area contributed by atoms with E-state index in [-0.39, 0.29) is 5.79 Å². The summed E-state index contributed by atoms with van der Waals surface area (Å²) in [7, 11) is 0. The monoisotopic (exact) mass is 231 g/mol. The molecule has 2 fully saturated rings. The minimum atomic E-state index is -0.297. The highest BCUT2D eigenvalue weighted by Gasteiger charge is 2.47. The normalized spacial score (nSPS) is 28.4. The Kier molecular flexibility index (Phi) is 1.95. The van der Waals surface area contributed by atoms with E-state index in [9.17, 15) is 0 Å². The van der Waals surface area contributed by atoms with E-state index in [1.54, 1.807) is 0 Å². The number of ether oxygens (including phenoxy) is 2. The Hall–Kier alpha value is -1.22. The van der Waals surface area contributed by atoms with E-state index < -0.39 is 0 Å².